The number of amides is 2. The number of benzene rings is 2. The average molecular weight is 465 g/mol. The van der Waals surface area contributed by atoms with Gasteiger partial charge in [0.1, 0.15) is 5.82 Å². The van der Waals surface area contributed by atoms with Gasteiger partial charge in [-0.3, -0.25) is 9.59 Å². The highest BCUT2D eigenvalue weighted by Gasteiger charge is 2.28. The summed E-state index contributed by atoms with van der Waals surface area (Å²) in [6.45, 7) is 1.22. The van der Waals surface area contributed by atoms with Crippen LogP contribution in [0, 0.1) is 5.82 Å². The minimum atomic E-state index is -1.11. The highest BCUT2D eigenvalue weighted by Crippen LogP contribution is 2.20. The van der Waals surface area contributed by atoms with Gasteiger partial charge in [-0.15, -0.1) is 0 Å². The van der Waals surface area contributed by atoms with Crippen molar-refractivity contribution in [1.82, 2.24) is 10.2 Å². The zero-order valence-corrected chi connectivity index (χ0v) is 18.4. The third-order valence-electron chi connectivity index (χ3n) is 5.55. The van der Waals surface area contributed by atoms with Gasteiger partial charge in [0.25, 0.3) is 11.8 Å². The van der Waals surface area contributed by atoms with Crippen molar-refractivity contribution in [2.24, 2.45) is 0 Å². The van der Waals surface area contributed by atoms with Gasteiger partial charge in [-0.2, -0.15) is 0 Å². The van der Waals surface area contributed by atoms with Crippen molar-refractivity contribution >= 4 is 23.5 Å². The van der Waals surface area contributed by atoms with Crippen LogP contribution < -0.4 is 10.2 Å². The molecule has 2 aromatic carbocycles. The molecule has 1 saturated heterocycles. The smallest absolute Gasteiger partial charge is 0.333 e. The predicted octanol–water partition coefficient (Wildman–Crippen LogP) is 2.78. The van der Waals surface area contributed by atoms with Gasteiger partial charge < -0.3 is 24.3 Å². The van der Waals surface area contributed by atoms with Gasteiger partial charge in [-0.1, -0.05) is 42.5 Å². The topological polar surface area (TPSA) is 92.1 Å². The van der Waals surface area contributed by atoms with E-state index in [2.05, 4.69) is 5.32 Å². The molecule has 0 bridgehead atoms. The summed E-state index contributed by atoms with van der Waals surface area (Å²) < 4.78 is 24.4. The van der Waals surface area contributed by atoms with Crippen LogP contribution in [-0.4, -0.2) is 55.5 Å². The summed E-state index contributed by atoms with van der Waals surface area (Å²) in [6, 6.07) is 17.0. The molecular formula is C25H24FN3O5. The van der Waals surface area contributed by atoms with E-state index in [-0.39, 0.29) is 17.5 Å². The molecule has 1 fully saturated rings. The van der Waals surface area contributed by atoms with E-state index in [0.717, 1.165) is 0 Å². The number of nitrogens with one attached hydrogen (secondary N) is 1. The highest BCUT2D eigenvalue weighted by atomic mass is 19.1. The van der Waals surface area contributed by atoms with Gasteiger partial charge in [0.2, 0.25) is 0 Å². The lowest BCUT2D eigenvalue weighted by molar-refractivity contribution is -0.153. The van der Waals surface area contributed by atoms with Gasteiger partial charge in [0.15, 0.2) is 18.4 Å². The van der Waals surface area contributed by atoms with E-state index in [1.54, 1.807) is 59.5 Å². The van der Waals surface area contributed by atoms with E-state index in [1.807, 2.05) is 4.90 Å². The third-order valence-corrected chi connectivity index (χ3v) is 5.55. The van der Waals surface area contributed by atoms with Gasteiger partial charge in [0, 0.05) is 26.2 Å². The Hall–Kier alpha value is -4.14. The Balaban J connectivity index is 1.33. The number of nitrogens with zero attached hydrogens (tertiary/aromatic N) is 2. The quantitative estimate of drug-likeness (QED) is 0.540. The Labute approximate surface area is 195 Å². The van der Waals surface area contributed by atoms with Crippen molar-refractivity contribution in [1.29, 1.82) is 0 Å². The number of esters is 1. The second kappa shape index (κ2) is 10.7. The molecule has 0 saturated carbocycles. The van der Waals surface area contributed by atoms with Crippen molar-refractivity contribution in [2.75, 3.05) is 37.7 Å². The fourth-order valence-electron chi connectivity index (χ4n) is 3.75. The van der Waals surface area contributed by atoms with Crippen LogP contribution in [0.25, 0.3) is 0 Å². The number of carbonyl (C=O) groups excluding carboxylic acids is 3. The molecule has 34 heavy (non-hydrogen) atoms. The molecule has 8 nitrogen and oxygen atoms in total. The SMILES string of the molecule is O=C(NC(C(=O)OCC(=O)N1CCN(c2ccccc2F)CC1)c1ccccc1)c1ccco1. The van der Waals surface area contributed by atoms with E-state index in [9.17, 15) is 18.8 Å². The molecule has 1 unspecified atom stereocenters. The summed E-state index contributed by atoms with van der Waals surface area (Å²) in [6.07, 6.45) is 1.36. The molecule has 176 valence electrons. The standard InChI is InChI=1S/C25H24FN3O5/c26-19-9-4-5-10-20(19)28-12-14-29(15-13-28)22(30)17-34-25(32)23(18-7-2-1-3-8-18)27-24(31)21-11-6-16-33-21/h1-11,16,23H,12-15,17H2,(H,27,31). The van der Waals surface area contributed by atoms with Crippen molar-refractivity contribution in [2.45, 2.75) is 6.04 Å². The Kier molecular flexibility index (Phi) is 7.22. The highest BCUT2D eigenvalue weighted by molar-refractivity contribution is 5.95. The number of hydrogen-bond acceptors (Lipinski definition) is 6. The Morgan fingerprint density at radius 1 is 0.941 bits per heavy atom. The summed E-state index contributed by atoms with van der Waals surface area (Å²) in [5.41, 5.74) is 1.01. The fraction of sp³-hybridized carbons (Fsp3) is 0.240. The van der Waals surface area contributed by atoms with Crippen LogP contribution in [0.2, 0.25) is 0 Å². The first kappa shape index (κ1) is 23.0. The second-order valence-corrected chi connectivity index (χ2v) is 7.72. The lowest BCUT2D eigenvalue weighted by Gasteiger charge is -2.36. The predicted molar refractivity (Wildman–Crippen MR) is 122 cm³/mol. The number of para-hydroxylation sites is 1. The summed E-state index contributed by atoms with van der Waals surface area (Å²) in [5.74, 6) is -1.95. The number of piperazine rings is 1. The number of ether oxygens (including phenoxy) is 1. The molecule has 2 heterocycles. The lowest BCUT2D eigenvalue weighted by Crippen LogP contribution is -2.50. The monoisotopic (exact) mass is 465 g/mol. The van der Waals surface area contributed by atoms with E-state index in [0.29, 0.717) is 37.4 Å². The molecule has 4 rings (SSSR count). The number of halogens is 1. The Morgan fingerprint density at radius 3 is 2.32 bits per heavy atom. The fourth-order valence-corrected chi connectivity index (χ4v) is 3.75. The van der Waals surface area contributed by atoms with E-state index >= 15 is 0 Å². The summed E-state index contributed by atoms with van der Waals surface area (Å²) in [7, 11) is 0. The Bertz CT molecular complexity index is 1130. The maximum Gasteiger partial charge on any atom is 0.333 e. The van der Waals surface area contributed by atoms with Crippen LogP contribution in [0.3, 0.4) is 0 Å². The van der Waals surface area contributed by atoms with Crippen LogP contribution in [0.1, 0.15) is 22.2 Å². The van der Waals surface area contributed by atoms with Crippen LogP contribution >= 0.6 is 0 Å². The maximum atomic E-state index is 14.0. The minimum Gasteiger partial charge on any atom is -0.459 e. The van der Waals surface area contributed by atoms with E-state index in [4.69, 9.17) is 9.15 Å². The van der Waals surface area contributed by atoms with E-state index in [1.165, 1.54) is 18.4 Å². The zero-order valence-electron chi connectivity index (χ0n) is 18.4. The van der Waals surface area contributed by atoms with Gasteiger partial charge >= 0.3 is 5.97 Å². The number of rotatable bonds is 7. The summed E-state index contributed by atoms with van der Waals surface area (Å²) in [4.78, 5) is 41.3. The molecule has 0 radical (unpaired) electrons. The maximum absolute atomic E-state index is 14.0. The molecular weight excluding hydrogens is 441 g/mol. The molecule has 2 amide bonds. The molecule has 1 aromatic heterocycles. The van der Waals surface area contributed by atoms with Gasteiger partial charge in [-0.05, 0) is 29.8 Å². The van der Waals surface area contributed by atoms with Crippen LogP contribution in [0.4, 0.5) is 10.1 Å². The number of anilines is 1. The zero-order chi connectivity index (χ0) is 23.9. The molecule has 0 spiro atoms. The molecule has 1 N–H and O–H groups in total. The van der Waals surface area contributed by atoms with Gasteiger partial charge in [-0.25, -0.2) is 9.18 Å². The van der Waals surface area contributed by atoms with Crippen molar-refractivity contribution in [3.8, 4) is 0 Å². The summed E-state index contributed by atoms with van der Waals surface area (Å²) in [5, 5.41) is 2.59. The van der Waals surface area contributed by atoms with Gasteiger partial charge in [0.05, 0.1) is 12.0 Å². The number of furan rings is 1. The van der Waals surface area contributed by atoms with Crippen molar-refractivity contribution in [3.05, 3.63) is 90.1 Å². The molecule has 0 aliphatic carbocycles. The molecule has 1 aliphatic rings. The first-order chi connectivity index (χ1) is 16.5. The summed E-state index contributed by atoms with van der Waals surface area (Å²) >= 11 is 0. The average Bonchev–Trinajstić information content (AvgIpc) is 3.42. The Morgan fingerprint density at radius 2 is 1.65 bits per heavy atom. The van der Waals surface area contributed by atoms with Crippen LogP contribution in [0.15, 0.2) is 77.4 Å². The van der Waals surface area contributed by atoms with Crippen molar-refractivity contribution in [3.63, 3.8) is 0 Å². The number of carbonyl (C=O) groups is 3. The first-order valence-electron chi connectivity index (χ1n) is 10.9. The third kappa shape index (κ3) is 5.43. The largest absolute Gasteiger partial charge is 0.459 e. The molecule has 1 atom stereocenters. The van der Waals surface area contributed by atoms with Crippen LogP contribution in [0.5, 0.6) is 0 Å². The molecule has 9 heteroatoms. The van der Waals surface area contributed by atoms with Crippen LogP contribution in [-0.2, 0) is 14.3 Å². The number of hydrogen-bond donors (Lipinski definition) is 1. The van der Waals surface area contributed by atoms with Crippen molar-refractivity contribution < 1.29 is 27.9 Å². The minimum absolute atomic E-state index is 0.0533. The second-order valence-electron chi connectivity index (χ2n) is 7.72. The molecule has 1 aliphatic heterocycles. The normalized spacial score (nSPS) is 14.4. The van der Waals surface area contributed by atoms with E-state index < -0.39 is 24.5 Å². The lowest BCUT2D eigenvalue weighted by atomic mass is 10.1. The first-order valence-corrected chi connectivity index (χ1v) is 10.9. The molecule has 3 aromatic rings.